The van der Waals surface area contributed by atoms with Gasteiger partial charge in [-0.1, -0.05) is 215 Å². The second kappa shape index (κ2) is 39.6. The molecule has 0 aliphatic carbocycles. The van der Waals surface area contributed by atoms with E-state index in [0.717, 1.165) is 75.5 Å². The molecule has 0 saturated heterocycles. The van der Waals surface area contributed by atoms with Crippen LogP contribution in [0, 0.1) is 17.8 Å². The maximum absolute atomic E-state index is 12.7. The number of esters is 3. The third-order valence-electron chi connectivity index (χ3n) is 10.6. The first-order valence-corrected chi connectivity index (χ1v) is 23.6. The maximum atomic E-state index is 12.7. The van der Waals surface area contributed by atoms with E-state index in [9.17, 15) is 14.4 Å². The second-order valence-electron chi connectivity index (χ2n) is 17.8. The van der Waals surface area contributed by atoms with Gasteiger partial charge in [-0.2, -0.15) is 0 Å². The highest BCUT2D eigenvalue weighted by Gasteiger charge is 2.19. The topological polar surface area (TPSA) is 78.9 Å². The third kappa shape index (κ3) is 41.6. The monoisotopic (exact) mass is 765 g/mol. The molecule has 0 spiro atoms. The summed E-state index contributed by atoms with van der Waals surface area (Å²) < 4.78 is 16.7. The first-order chi connectivity index (χ1) is 26.1. The molecular weight excluding hydrogens is 673 g/mol. The van der Waals surface area contributed by atoms with Crippen LogP contribution in [-0.4, -0.2) is 37.2 Å². The highest BCUT2D eigenvalue weighted by molar-refractivity contribution is 5.71. The summed E-state index contributed by atoms with van der Waals surface area (Å²) in [6.45, 7) is 13.6. The fourth-order valence-electron chi connectivity index (χ4n) is 7.06. The van der Waals surface area contributed by atoms with Crippen molar-refractivity contribution in [1.82, 2.24) is 0 Å². The largest absolute Gasteiger partial charge is 0.462 e. The molecule has 54 heavy (non-hydrogen) atoms. The molecule has 0 aliphatic heterocycles. The molecule has 6 heteroatoms. The van der Waals surface area contributed by atoms with Gasteiger partial charge in [-0.05, 0) is 37.0 Å². The zero-order chi connectivity index (χ0) is 39.9. The molecule has 0 saturated carbocycles. The average molecular weight is 765 g/mol. The standard InChI is InChI=1S/C48H92O6/c1-42(2)34-28-22-16-14-12-10-8-7-9-11-13-15-17-25-31-37-46(49)52-40-45(54-48(51)39-33-27-21-19-24-30-36-44(5)6)41-53-47(50)38-32-26-20-18-23-29-35-43(3)4/h42-45H,7-41H2,1-6H3/t45-/m1/s1. The molecule has 0 heterocycles. The molecule has 0 amide bonds. The number of carbonyl (C=O) groups excluding carboxylic acids is 3. The Labute approximate surface area is 336 Å². The maximum Gasteiger partial charge on any atom is 0.306 e. The van der Waals surface area contributed by atoms with Gasteiger partial charge in [-0.3, -0.25) is 14.4 Å². The van der Waals surface area contributed by atoms with Crippen LogP contribution >= 0.6 is 0 Å². The van der Waals surface area contributed by atoms with Crippen molar-refractivity contribution < 1.29 is 28.6 Å². The summed E-state index contributed by atoms with van der Waals surface area (Å²) in [4.78, 5) is 37.6. The minimum Gasteiger partial charge on any atom is -0.462 e. The van der Waals surface area contributed by atoms with Gasteiger partial charge in [0.1, 0.15) is 13.2 Å². The van der Waals surface area contributed by atoms with Crippen LogP contribution in [0.1, 0.15) is 253 Å². The lowest BCUT2D eigenvalue weighted by Gasteiger charge is -2.18. The van der Waals surface area contributed by atoms with Crippen LogP contribution in [0.3, 0.4) is 0 Å². The van der Waals surface area contributed by atoms with Crippen LogP contribution in [0.5, 0.6) is 0 Å². The number of hydrogen-bond acceptors (Lipinski definition) is 6. The summed E-state index contributed by atoms with van der Waals surface area (Å²) in [5.41, 5.74) is 0. The predicted molar refractivity (Wildman–Crippen MR) is 229 cm³/mol. The number of unbranched alkanes of at least 4 members (excludes halogenated alkanes) is 24. The molecule has 6 nitrogen and oxygen atoms in total. The zero-order valence-electron chi connectivity index (χ0n) is 37.0. The molecule has 0 aliphatic rings. The average Bonchev–Trinajstić information content (AvgIpc) is 3.12. The molecule has 0 N–H and O–H groups in total. The third-order valence-corrected chi connectivity index (χ3v) is 10.6. The van der Waals surface area contributed by atoms with Crippen molar-refractivity contribution in [3.63, 3.8) is 0 Å². The van der Waals surface area contributed by atoms with E-state index < -0.39 is 6.10 Å². The number of hydrogen-bond donors (Lipinski definition) is 0. The van der Waals surface area contributed by atoms with Crippen molar-refractivity contribution in [2.24, 2.45) is 17.8 Å². The summed E-state index contributed by atoms with van der Waals surface area (Å²) in [6.07, 6.45) is 36.9. The summed E-state index contributed by atoms with van der Waals surface area (Å²) in [5.74, 6) is 1.50. The lowest BCUT2D eigenvalue weighted by Crippen LogP contribution is -2.30. The van der Waals surface area contributed by atoms with Crippen molar-refractivity contribution in [2.75, 3.05) is 13.2 Å². The first kappa shape index (κ1) is 52.4. The molecule has 0 rings (SSSR count). The second-order valence-corrected chi connectivity index (χ2v) is 17.8. The quantitative estimate of drug-likeness (QED) is 0.0350. The van der Waals surface area contributed by atoms with Crippen molar-refractivity contribution in [3.8, 4) is 0 Å². The number of ether oxygens (including phenoxy) is 3. The minimum absolute atomic E-state index is 0.0671. The number of carbonyl (C=O) groups is 3. The molecule has 0 aromatic rings. The van der Waals surface area contributed by atoms with Gasteiger partial charge in [-0.25, -0.2) is 0 Å². The van der Waals surface area contributed by atoms with Gasteiger partial charge in [0, 0.05) is 19.3 Å². The Kier molecular flexibility index (Phi) is 38.5. The highest BCUT2D eigenvalue weighted by Crippen LogP contribution is 2.17. The van der Waals surface area contributed by atoms with E-state index in [4.69, 9.17) is 14.2 Å². The molecule has 320 valence electrons. The van der Waals surface area contributed by atoms with E-state index in [1.54, 1.807) is 0 Å². The molecule has 0 aromatic carbocycles. The fraction of sp³-hybridized carbons (Fsp3) is 0.938. The molecule has 0 radical (unpaired) electrons. The first-order valence-electron chi connectivity index (χ1n) is 23.6. The van der Waals surface area contributed by atoms with E-state index in [2.05, 4.69) is 41.5 Å². The Hall–Kier alpha value is -1.59. The van der Waals surface area contributed by atoms with Crippen LogP contribution in [0.2, 0.25) is 0 Å². The van der Waals surface area contributed by atoms with E-state index in [0.29, 0.717) is 19.3 Å². The highest BCUT2D eigenvalue weighted by atomic mass is 16.6. The smallest absolute Gasteiger partial charge is 0.306 e. The summed E-state index contributed by atoms with van der Waals surface area (Å²) in [6, 6.07) is 0. The van der Waals surface area contributed by atoms with Gasteiger partial charge in [0.15, 0.2) is 6.10 Å². The van der Waals surface area contributed by atoms with Crippen molar-refractivity contribution in [3.05, 3.63) is 0 Å². The fourth-order valence-corrected chi connectivity index (χ4v) is 7.06. The van der Waals surface area contributed by atoms with Crippen LogP contribution in [0.25, 0.3) is 0 Å². The Morgan fingerprint density at radius 1 is 0.315 bits per heavy atom. The molecule has 0 aromatic heterocycles. The van der Waals surface area contributed by atoms with Crippen molar-refractivity contribution >= 4 is 17.9 Å². The lowest BCUT2D eigenvalue weighted by molar-refractivity contribution is -0.167. The lowest BCUT2D eigenvalue weighted by atomic mass is 10.0. The molecule has 0 bridgehead atoms. The van der Waals surface area contributed by atoms with Gasteiger partial charge >= 0.3 is 17.9 Å². The molecular formula is C48H92O6. The minimum atomic E-state index is -0.762. The van der Waals surface area contributed by atoms with E-state index in [1.165, 1.54) is 135 Å². The predicted octanol–water partition coefficient (Wildman–Crippen LogP) is 14.8. The van der Waals surface area contributed by atoms with Crippen LogP contribution in [-0.2, 0) is 28.6 Å². The van der Waals surface area contributed by atoms with Crippen LogP contribution in [0.4, 0.5) is 0 Å². The number of rotatable bonds is 41. The van der Waals surface area contributed by atoms with Gasteiger partial charge in [0.2, 0.25) is 0 Å². The van der Waals surface area contributed by atoms with Gasteiger partial charge in [0.05, 0.1) is 0 Å². The van der Waals surface area contributed by atoms with Gasteiger partial charge in [0.25, 0.3) is 0 Å². The normalized spacial score (nSPS) is 12.2. The Bertz CT molecular complexity index is 837. The van der Waals surface area contributed by atoms with Crippen molar-refractivity contribution in [2.45, 2.75) is 260 Å². The van der Waals surface area contributed by atoms with Gasteiger partial charge < -0.3 is 14.2 Å². The van der Waals surface area contributed by atoms with E-state index >= 15 is 0 Å². The summed E-state index contributed by atoms with van der Waals surface area (Å²) >= 11 is 0. The summed E-state index contributed by atoms with van der Waals surface area (Å²) in [5, 5.41) is 0. The van der Waals surface area contributed by atoms with Gasteiger partial charge in [-0.15, -0.1) is 0 Å². The van der Waals surface area contributed by atoms with E-state index in [-0.39, 0.29) is 31.1 Å². The molecule has 1 atom stereocenters. The molecule has 0 fully saturated rings. The molecule has 0 unspecified atom stereocenters. The Balaban J connectivity index is 4.21. The Morgan fingerprint density at radius 2 is 0.537 bits per heavy atom. The van der Waals surface area contributed by atoms with E-state index in [1.807, 2.05) is 0 Å². The SMILES string of the molecule is CC(C)CCCCCCCCCCCCCCCCCC(=O)OC[C@H](COC(=O)CCCCCCCCC(C)C)OC(=O)CCCCCCCCC(C)C. The summed E-state index contributed by atoms with van der Waals surface area (Å²) in [7, 11) is 0. The van der Waals surface area contributed by atoms with Crippen LogP contribution < -0.4 is 0 Å². The van der Waals surface area contributed by atoms with Crippen molar-refractivity contribution in [1.29, 1.82) is 0 Å². The Morgan fingerprint density at radius 3 is 0.796 bits per heavy atom. The zero-order valence-corrected chi connectivity index (χ0v) is 37.0. The van der Waals surface area contributed by atoms with Crippen LogP contribution in [0.15, 0.2) is 0 Å².